The topological polar surface area (TPSA) is 64.6 Å². The summed E-state index contributed by atoms with van der Waals surface area (Å²) in [6.07, 6.45) is 5.28. The van der Waals surface area contributed by atoms with Gasteiger partial charge in [0.15, 0.2) is 10.4 Å². The van der Waals surface area contributed by atoms with Crippen LogP contribution in [0.25, 0.3) is 5.65 Å². The Kier molecular flexibility index (Phi) is 4.40. The molecule has 0 fully saturated rings. The minimum Gasteiger partial charge on any atom is -0.319 e. The first kappa shape index (κ1) is 16.7. The fraction of sp³-hybridized carbons (Fsp3) is 0.111. The molecule has 3 heterocycles. The largest absolute Gasteiger partial charge is 0.319 e. The van der Waals surface area contributed by atoms with Crippen molar-refractivity contribution in [3.63, 3.8) is 0 Å². The average Bonchev–Trinajstić information content (AvgIpc) is 3.19. The van der Waals surface area contributed by atoms with Crippen LogP contribution < -0.4 is 4.80 Å². The van der Waals surface area contributed by atoms with Gasteiger partial charge < -0.3 is 4.57 Å². The summed E-state index contributed by atoms with van der Waals surface area (Å²) in [6, 6.07) is 9.39. The summed E-state index contributed by atoms with van der Waals surface area (Å²) in [4.78, 5) is 21.9. The van der Waals surface area contributed by atoms with Crippen molar-refractivity contribution in [3.05, 3.63) is 80.9 Å². The fourth-order valence-corrected chi connectivity index (χ4v) is 3.63. The van der Waals surface area contributed by atoms with Gasteiger partial charge in [0, 0.05) is 29.0 Å². The summed E-state index contributed by atoms with van der Waals surface area (Å²) in [5.74, 6) is -0.355. The van der Waals surface area contributed by atoms with E-state index in [1.54, 1.807) is 29.9 Å². The van der Waals surface area contributed by atoms with Crippen molar-refractivity contribution >= 4 is 34.5 Å². The molecular weight excluding hydrogens is 370 g/mol. The summed E-state index contributed by atoms with van der Waals surface area (Å²) in [5, 5.41) is 6.90. The molecule has 0 aliphatic heterocycles. The van der Waals surface area contributed by atoms with Crippen LogP contribution in [0.5, 0.6) is 0 Å². The highest BCUT2D eigenvalue weighted by molar-refractivity contribution is 7.07. The molecule has 0 atom stereocenters. The molecule has 4 rings (SSSR count). The highest BCUT2D eigenvalue weighted by atomic mass is 35.5. The zero-order chi connectivity index (χ0) is 18.1. The second-order valence-corrected chi connectivity index (χ2v) is 6.95. The zero-order valence-corrected chi connectivity index (χ0v) is 15.4. The Hall–Kier alpha value is -2.77. The van der Waals surface area contributed by atoms with Gasteiger partial charge in [-0.25, -0.2) is 9.50 Å². The first-order valence-corrected chi connectivity index (χ1v) is 9.15. The van der Waals surface area contributed by atoms with Gasteiger partial charge in [0.05, 0.1) is 12.2 Å². The van der Waals surface area contributed by atoms with Gasteiger partial charge in [-0.05, 0) is 24.6 Å². The predicted octanol–water partition coefficient (Wildman–Crippen LogP) is 3.34. The van der Waals surface area contributed by atoms with Crippen molar-refractivity contribution in [1.82, 2.24) is 19.2 Å². The molecule has 0 unspecified atom stereocenters. The number of rotatable bonds is 3. The molecule has 0 aliphatic rings. The molecule has 0 N–H and O–H groups in total. The van der Waals surface area contributed by atoms with Gasteiger partial charge in [-0.1, -0.05) is 29.8 Å². The minimum atomic E-state index is -0.355. The number of aromatic nitrogens is 4. The molecule has 6 nitrogen and oxygen atoms in total. The highest BCUT2D eigenvalue weighted by Gasteiger charge is 2.17. The maximum absolute atomic E-state index is 12.8. The summed E-state index contributed by atoms with van der Waals surface area (Å²) in [5.41, 5.74) is 2.50. The maximum atomic E-state index is 12.8. The average molecular weight is 384 g/mol. The third-order valence-corrected chi connectivity index (χ3v) is 5.10. The molecule has 0 radical (unpaired) electrons. The van der Waals surface area contributed by atoms with Gasteiger partial charge in [0.2, 0.25) is 0 Å². The van der Waals surface area contributed by atoms with Crippen LogP contribution in [0.3, 0.4) is 0 Å². The Morgan fingerprint density at radius 3 is 2.96 bits per heavy atom. The third-order valence-electron chi connectivity index (χ3n) is 3.94. The number of thiazole rings is 1. The number of hydrogen-bond acceptors (Lipinski definition) is 4. The van der Waals surface area contributed by atoms with Crippen molar-refractivity contribution in [2.24, 2.45) is 4.99 Å². The van der Waals surface area contributed by atoms with E-state index in [1.165, 1.54) is 11.3 Å². The van der Waals surface area contributed by atoms with E-state index in [0.717, 1.165) is 5.56 Å². The highest BCUT2D eigenvalue weighted by Crippen LogP contribution is 2.16. The number of hydrogen-bond donors (Lipinski definition) is 0. The minimum absolute atomic E-state index is 0.355. The van der Waals surface area contributed by atoms with Crippen molar-refractivity contribution in [2.75, 3.05) is 0 Å². The number of carbonyl (C=O) groups excluding carboxylic acids is 1. The lowest BCUT2D eigenvalue weighted by Crippen LogP contribution is -2.17. The van der Waals surface area contributed by atoms with Crippen LogP contribution in [-0.4, -0.2) is 25.1 Å². The number of amides is 1. The molecule has 0 bridgehead atoms. The number of fused-ring (bicyclic) bond motifs is 1. The van der Waals surface area contributed by atoms with E-state index in [-0.39, 0.29) is 5.91 Å². The molecule has 1 aromatic carbocycles. The van der Waals surface area contributed by atoms with E-state index in [1.807, 2.05) is 40.4 Å². The SMILES string of the molecule is Cc1nn2cccnc2c1C(=O)N=c1sccn1Cc1ccccc1Cl. The van der Waals surface area contributed by atoms with Crippen LogP contribution in [0.1, 0.15) is 21.6 Å². The molecule has 8 heteroatoms. The van der Waals surface area contributed by atoms with Crippen molar-refractivity contribution in [2.45, 2.75) is 13.5 Å². The number of halogens is 1. The first-order chi connectivity index (χ1) is 12.6. The van der Waals surface area contributed by atoms with E-state index in [0.29, 0.717) is 33.3 Å². The third kappa shape index (κ3) is 3.07. The monoisotopic (exact) mass is 383 g/mol. The summed E-state index contributed by atoms with van der Waals surface area (Å²) < 4.78 is 3.49. The Bertz CT molecular complexity index is 1170. The van der Waals surface area contributed by atoms with Gasteiger partial charge in [0.1, 0.15) is 5.56 Å². The molecule has 3 aromatic heterocycles. The zero-order valence-electron chi connectivity index (χ0n) is 13.8. The molecule has 130 valence electrons. The Labute approximate surface area is 158 Å². The van der Waals surface area contributed by atoms with Crippen molar-refractivity contribution < 1.29 is 4.79 Å². The molecular formula is C18H14ClN5OS. The number of benzene rings is 1. The molecule has 1 amide bonds. The molecule has 4 aromatic rings. The van der Waals surface area contributed by atoms with Crippen LogP contribution in [0.2, 0.25) is 5.02 Å². The van der Waals surface area contributed by atoms with E-state index in [9.17, 15) is 4.79 Å². The Balaban J connectivity index is 1.73. The smallest absolute Gasteiger partial charge is 0.285 e. The normalized spacial score (nSPS) is 12.0. The molecule has 0 spiro atoms. The van der Waals surface area contributed by atoms with E-state index >= 15 is 0 Å². The van der Waals surface area contributed by atoms with E-state index in [2.05, 4.69) is 15.1 Å². The molecule has 0 aliphatic carbocycles. The van der Waals surface area contributed by atoms with E-state index in [4.69, 9.17) is 11.6 Å². The van der Waals surface area contributed by atoms with Crippen LogP contribution in [0, 0.1) is 6.92 Å². The van der Waals surface area contributed by atoms with Gasteiger partial charge in [-0.2, -0.15) is 10.1 Å². The first-order valence-electron chi connectivity index (χ1n) is 7.90. The lowest BCUT2D eigenvalue weighted by Gasteiger charge is -2.05. The van der Waals surface area contributed by atoms with E-state index < -0.39 is 0 Å². The molecule has 0 saturated carbocycles. The molecule has 26 heavy (non-hydrogen) atoms. The van der Waals surface area contributed by atoms with Gasteiger partial charge in [-0.3, -0.25) is 4.79 Å². The standard InChI is InChI=1S/C18H14ClN5OS/c1-12-15(16-20-7-4-8-24(16)22-12)17(25)21-18-23(9-10-26-18)11-13-5-2-3-6-14(13)19/h2-10H,11H2,1H3. The van der Waals surface area contributed by atoms with Crippen LogP contribution in [-0.2, 0) is 6.54 Å². The van der Waals surface area contributed by atoms with Gasteiger partial charge in [0.25, 0.3) is 5.91 Å². The summed E-state index contributed by atoms with van der Waals surface area (Å²) in [6.45, 7) is 2.32. The summed E-state index contributed by atoms with van der Waals surface area (Å²) >= 11 is 7.64. The number of carbonyl (C=O) groups is 1. The Morgan fingerprint density at radius 1 is 1.27 bits per heavy atom. The Morgan fingerprint density at radius 2 is 2.12 bits per heavy atom. The predicted molar refractivity (Wildman–Crippen MR) is 100 cm³/mol. The number of nitrogens with zero attached hydrogens (tertiary/aromatic N) is 5. The molecule has 0 saturated heterocycles. The quantitative estimate of drug-likeness (QED) is 0.545. The lowest BCUT2D eigenvalue weighted by atomic mass is 10.2. The van der Waals surface area contributed by atoms with Crippen molar-refractivity contribution in [1.29, 1.82) is 0 Å². The van der Waals surface area contributed by atoms with Gasteiger partial charge in [-0.15, -0.1) is 11.3 Å². The fourth-order valence-electron chi connectivity index (χ4n) is 2.71. The second kappa shape index (κ2) is 6.86. The maximum Gasteiger partial charge on any atom is 0.285 e. The van der Waals surface area contributed by atoms with Crippen LogP contribution in [0.15, 0.2) is 59.3 Å². The van der Waals surface area contributed by atoms with Gasteiger partial charge >= 0.3 is 0 Å². The van der Waals surface area contributed by atoms with Crippen LogP contribution >= 0.6 is 22.9 Å². The number of aryl methyl sites for hydroxylation is 1. The second-order valence-electron chi connectivity index (χ2n) is 5.67. The van der Waals surface area contributed by atoms with Crippen molar-refractivity contribution in [3.8, 4) is 0 Å². The summed E-state index contributed by atoms with van der Waals surface area (Å²) in [7, 11) is 0. The lowest BCUT2D eigenvalue weighted by molar-refractivity contribution is 0.0998. The van der Waals surface area contributed by atoms with Crippen LogP contribution in [0.4, 0.5) is 0 Å².